The number of carboxylic acid groups (broad SMARTS) is 1. The van der Waals surface area contributed by atoms with Gasteiger partial charge in [-0.25, -0.2) is 4.79 Å². The van der Waals surface area contributed by atoms with Gasteiger partial charge in [-0.05, 0) is 17.7 Å². The Morgan fingerprint density at radius 2 is 1.72 bits per heavy atom. The third kappa shape index (κ3) is 4.42. The molecule has 2 aliphatic rings. The smallest absolute Gasteiger partial charge is 0.407 e. The van der Waals surface area contributed by atoms with E-state index in [0.29, 0.717) is 69.6 Å². The molecule has 136 valence electrons. The van der Waals surface area contributed by atoms with Crippen LogP contribution in [-0.2, 0) is 11.3 Å². The minimum absolute atomic E-state index is 0.0232. The van der Waals surface area contributed by atoms with Gasteiger partial charge < -0.3 is 19.6 Å². The molecule has 2 heterocycles. The number of benzene rings is 1. The molecule has 3 rings (SSSR count). The molecule has 0 radical (unpaired) electrons. The Balaban J connectivity index is 1.71. The first-order valence-corrected chi connectivity index (χ1v) is 8.78. The van der Waals surface area contributed by atoms with E-state index >= 15 is 0 Å². The number of halogens is 1. The van der Waals surface area contributed by atoms with Gasteiger partial charge in [0.05, 0.1) is 13.2 Å². The van der Waals surface area contributed by atoms with Crippen molar-refractivity contribution in [3.05, 3.63) is 34.3 Å². The van der Waals surface area contributed by atoms with E-state index in [0.717, 1.165) is 5.56 Å². The molecule has 0 bridgehead atoms. The molecule has 25 heavy (non-hydrogen) atoms. The Morgan fingerprint density at radius 1 is 1.04 bits per heavy atom. The standard InChI is InChI=1S/C17H22ClN3O4/c18-14-2-1-13(12-19-3-5-21(6-4-19)17(23)24)15(11-14)16(22)20-7-9-25-10-8-20/h1-2,11H,3-10,12H2,(H,23,24). The summed E-state index contributed by atoms with van der Waals surface area (Å²) in [7, 11) is 0. The van der Waals surface area contributed by atoms with Crippen molar-refractivity contribution >= 4 is 23.6 Å². The summed E-state index contributed by atoms with van der Waals surface area (Å²) in [5.74, 6) is -0.0232. The van der Waals surface area contributed by atoms with E-state index in [1.165, 1.54) is 4.90 Å². The predicted molar refractivity (Wildman–Crippen MR) is 93.0 cm³/mol. The van der Waals surface area contributed by atoms with Crippen LogP contribution >= 0.6 is 11.6 Å². The first kappa shape index (κ1) is 18.0. The van der Waals surface area contributed by atoms with Gasteiger partial charge in [0.2, 0.25) is 0 Å². The van der Waals surface area contributed by atoms with E-state index in [1.54, 1.807) is 17.0 Å². The lowest BCUT2D eigenvalue weighted by molar-refractivity contribution is 0.0301. The Hall–Kier alpha value is -1.83. The summed E-state index contributed by atoms with van der Waals surface area (Å²) in [6.07, 6.45) is -0.880. The van der Waals surface area contributed by atoms with Gasteiger partial charge in [-0.2, -0.15) is 0 Å². The molecular weight excluding hydrogens is 346 g/mol. The van der Waals surface area contributed by atoms with Gasteiger partial charge in [-0.1, -0.05) is 17.7 Å². The topological polar surface area (TPSA) is 73.3 Å². The highest BCUT2D eigenvalue weighted by molar-refractivity contribution is 6.31. The van der Waals surface area contributed by atoms with Crippen molar-refractivity contribution in [2.45, 2.75) is 6.54 Å². The first-order valence-electron chi connectivity index (χ1n) is 8.40. The monoisotopic (exact) mass is 367 g/mol. The van der Waals surface area contributed by atoms with Crippen LogP contribution in [0, 0.1) is 0 Å². The Kier molecular flexibility index (Phi) is 5.78. The molecular formula is C17H22ClN3O4. The van der Waals surface area contributed by atoms with Crippen molar-refractivity contribution in [1.29, 1.82) is 0 Å². The molecule has 0 aliphatic carbocycles. The second-order valence-corrected chi connectivity index (χ2v) is 6.69. The molecule has 2 amide bonds. The number of carbonyl (C=O) groups is 2. The quantitative estimate of drug-likeness (QED) is 0.878. The van der Waals surface area contributed by atoms with E-state index in [1.807, 2.05) is 6.07 Å². The number of piperazine rings is 1. The summed E-state index contributed by atoms with van der Waals surface area (Å²) in [5.41, 5.74) is 1.54. The Bertz CT molecular complexity index is 641. The molecule has 2 aliphatic heterocycles. The largest absolute Gasteiger partial charge is 0.465 e. The third-order valence-electron chi connectivity index (χ3n) is 4.64. The average molecular weight is 368 g/mol. The summed E-state index contributed by atoms with van der Waals surface area (Å²) in [6.45, 7) is 5.16. The van der Waals surface area contributed by atoms with E-state index in [-0.39, 0.29) is 5.91 Å². The molecule has 0 saturated carbocycles. The fourth-order valence-electron chi connectivity index (χ4n) is 3.16. The fraction of sp³-hybridized carbons (Fsp3) is 0.529. The third-order valence-corrected chi connectivity index (χ3v) is 4.87. The van der Waals surface area contributed by atoms with Crippen LogP contribution in [0.3, 0.4) is 0 Å². The number of carbonyl (C=O) groups excluding carboxylic acids is 1. The van der Waals surface area contributed by atoms with E-state index in [4.69, 9.17) is 21.4 Å². The normalized spacial score (nSPS) is 19.1. The lowest BCUT2D eigenvalue weighted by Gasteiger charge is -2.33. The summed E-state index contributed by atoms with van der Waals surface area (Å²) in [5, 5.41) is 9.58. The molecule has 0 atom stereocenters. The second-order valence-electron chi connectivity index (χ2n) is 6.25. The van der Waals surface area contributed by atoms with Gasteiger partial charge in [-0.3, -0.25) is 9.69 Å². The molecule has 2 fully saturated rings. The van der Waals surface area contributed by atoms with Gasteiger partial charge in [0.15, 0.2) is 0 Å². The Labute approximate surface area is 151 Å². The predicted octanol–water partition coefficient (Wildman–Crippen LogP) is 1.61. The van der Waals surface area contributed by atoms with Crippen LogP contribution in [0.25, 0.3) is 0 Å². The molecule has 7 nitrogen and oxygen atoms in total. The zero-order valence-electron chi connectivity index (χ0n) is 14.0. The summed E-state index contributed by atoms with van der Waals surface area (Å²) in [4.78, 5) is 29.2. The summed E-state index contributed by atoms with van der Waals surface area (Å²) >= 11 is 6.12. The minimum atomic E-state index is -0.880. The fourth-order valence-corrected chi connectivity index (χ4v) is 3.33. The van der Waals surface area contributed by atoms with Crippen LogP contribution in [0.5, 0.6) is 0 Å². The SMILES string of the molecule is O=C(O)N1CCN(Cc2ccc(Cl)cc2C(=O)N2CCOCC2)CC1. The van der Waals surface area contributed by atoms with Crippen molar-refractivity contribution in [2.75, 3.05) is 52.5 Å². The van der Waals surface area contributed by atoms with E-state index in [9.17, 15) is 9.59 Å². The zero-order valence-corrected chi connectivity index (χ0v) is 14.7. The number of morpholine rings is 1. The highest BCUT2D eigenvalue weighted by Gasteiger charge is 2.24. The average Bonchev–Trinajstić information content (AvgIpc) is 2.64. The maximum Gasteiger partial charge on any atom is 0.407 e. The summed E-state index contributed by atoms with van der Waals surface area (Å²) in [6, 6.07) is 5.41. The van der Waals surface area contributed by atoms with Crippen molar-refractivity contribution in [2.24, 2.45) is 0 Å². The van der Waals surface area contributed by atoms with Gasteiger partial charge >= 0.3 is 6.09 Å². The maximum absolute atomic E-state index is 12.9. The van der Waals surface area contributed by atoms with Crippen molar-refractivity contribution < 1.29 is 19.4 Å². The molecule has 1 aromatic rings. The van der Waals surface area contributed by atoms with Crippen LogP contribution in [0.1, 0.15) is 15.9 Å². The van der Waals surface area contributed by atoms with Gasteiger partial charge in [-0.15, -0.1) is 0 Å². The molecule has 1 aromatic carbocycles. The number of hydrogen-bond acceptors (Lipinski definition) is 4. The highest BCUT2D eigenvalue weighted by Crippen LogP contribution is 2.21. The second kappa shape index (κ2) is 8.03. The van der Waals surface area contributed by atoms with Crippen LogP contribution < -0.4 is 0 Å². The molecule has 8 heteroatoms. The van der Waals surface area contributed by atoms with Crippen molar-refractivity contribution in [3.63, 3.8) is 0 Å². The van der Waals surface area contributed by atoms with E-state index < -0.39 is 6.09 Å². The van der Waals surface area contributed by atoms with Crippen LogP contribution in [0.2, 0.25) is 5.02 Å². The molecule has 0 aromatic heterocycles. The maximum atomic E-state index is 12.9. The summed E-state index contributed by atoms with van der Waals surface area (Å²) < 4.78 is 5.31. The minimum Gasteiger partial charge on any atom is -0.465 e. The van der Waals surface area contributed by atoms with Crippen LogP contribution in [-0.4, -0.2) is 84.3 Å². The van der Waals surface area contributed by atoms with Crippen molar-refractivity contribution in [3.8, 4) is 0 Å². The van der Waals surface area contributed by atoms with E-state index in [2.05, 4.69) is 4.90 Å². The van der Waals surface area contributed by atoms with Crippen molar-refractivity contribution in [1.82, 2.24) is 14.7 Å². The van der Waals surface area contributed by atoms with Gasteiger partial charge in [0.1, 0.15) is 0 Å². The lowest BCUT2D eigenvalue weighted by Crippen LogP contribution is -2.48. The van der Waals surface area contributed by atoms with Crippen LogP contribution in [0.15, 0.2) is 18.2 Å². The number of amides is 2. The molecule has 0 spiro atoms. The zero-order chi connectivity index (χ0) is 17.8. The number of rotatable bonds is 3. The molecule has 1 N–H and O–H groups in total. The van der Waals surface area contributed by atoms with Gasteiger partial charge in [0, 0.05) is 56.4 Å². The first-order chi connectivity index (χ1) is 12.0. The number of hydrogen-bond donors (Lipinski definition) is 1. The van der Waals surface area contributed by atoms with Gasteiger partial charge in [0.25, 0.3) is 5.91 Å². The molecule has 2 saturated heterocycles. The highest BCUT2D eigenvalue weighted by atomic mass is 35.5. The number of nitrogens with zero attached hydrogens (tertiary/aromatic N) is 3. The van der Waals surface area contributed by atoms with Crippen LogP contribution in [0.4, 0.5) is 4.79 Å². The Morgan fingerprint density at radius 3 is 2.36 bits per heavy atom. The molecule has 0 unspecified atom stereocenters. The lowest BCUT2D eigenvalue weighted by atomic mass is 10.0. The number of ether oxygens (including phenoxy) is 1.